The quantitative estimate of drug-likeness (QED) is 0.215. The third-order valence-electron chi connectivity index (χ3n) is 6.38. The number of hydrogen-bond donors (Lipinski definition) is 3. The summed E-state index contributed by atoms with van der Waals surface area (Å²) in [7, 11) is 1.87. The fourth-order valence-electron chi connectivity index (χ4n) is 4.82. The van der Waals surface area contributed by atoms with E-state index in [0.29, 0.717) is 5.71 Å². The predicted octanol–water partition coefficient (Wildman–Crippen LogP) is 5.76. The molecular weight excluding hydrogens is 430 g/mol. The standard InChI is InChI=1S/C30H27N5/c1-33-29-26-21-22(27(32)19-20-31)17-18-28(26)35(34-29)30(23-11-5-2-6-12-23,24-13-7-3-8-14-24)25-15-9-4-10-16-25/h2-21,32H,31H2,1H3,(H,33,34)/b20-19-,32-27?. The Bertz CT molecular complexity index is 1390. The van der Waals surface area contributed by atoms with Crippen molar-refractivity contribution in [2.24, 2.45) is 5.73 Å². The van der Waals surface area contributed by atoms with E-state index in [-0.39, 0.29) is 0 Å². The van der Waals surface area contributed by atoms with E-state index in [9.17, 15) is 0 Å². The Balaban J connectivity index is 1.91. The monoisotopic (exact) mass is 457 g/mol. The van der Waals surface area contributed by atoms with Gasteiger partial charge in [0.25, 0.3) is 0 Å². The maximum absolute atomic E-state index is 8.35. The molecule has 0 fully saturated rings. The molecule has 4 aromatic carbocycles. The normalized spacial score (nSPS) is 11.7. The van der Waals surface area contributed by atoms with Crippen LogP contribution >= 0.6 is 0 Å². The number of nitrogens with one attached hydrogen (secondary N) is 2. The van der Waals surface area contributed by atoms with Crippen LogP contribution in [-0.2, 0) is 5.54 Å². The maximum atomic E-state index is 8.35. The average Bonchev–Trinajstić information content (AvgIpc) is 3.29. The minimum atomic E-state index is -0.719. The van der Waals surface area contributed by atoms with Crippen LogP contribution in [0.15, 0.2) is 121 Å². The molecular formula is C30H27N5. The van der Waals surface area contributed by atoms with Crippen LogP contribution in [0.5, 0.6) is 0 Å². The Hall–Kier alpha value is -4.64. The summed E-state index contributed by atoms with van der Waals surface area (Å²) in [4.78, 5) is 0. The highest BCUT2D eigenvalue weighted by molar-refractivity contribution is 6.09. The van der Waals surface area contributed by atoms with E-state index in [1.807, 2.05) is 43.4 Å². The molecule has 1 aromatic heterocycles. The van der Waals surface area contributed by atoms with Gasteiger partial charge >= 0.3 is 0 Å². The minimum absolute atomic E-state index is 0.352. The van der Waals surface area contributed by atoms with Gasteiger partial charge in [-0.25, -0.2) is 4.68 Å². The number of fused-ring (bicyclic) bond motifs is 1. The van der Waals surface area contributed by atoms with Crippen LogP contribution in [0.4, 0.5) is 5.82 Å². The van der Waals surface area contributed by atoms with E-state index < -0.39 is 5.54 Å². The fraction of sp³-hybridized carbons (Fsp3) is 0.0667. The Morgan fingerprint density at radius 1 is 0.829 bits per heavy atom. The van der Waals surface area contributed by atoms with Crippen molar-refractivity contribution in [3.8, 4) is 0 Å². The zero-order valence-corrected chi connectivity index (χ0v) is 19.5. The zero-order chi connectivity index (χ0) is 24.3. The second-order valence-electron chi connectivity index (χ2n) is 8.32. The molecule has 5 nitrogen and oxygen atoms in total. The second-order valence-corrected chi connectivity index (χ2v) is 8.32. The molecule has 1 heterocycles. The van der Waals surface area contributed by atoms with Gasteiger partial charge in [-0.3, -0.25) is 0 Å². The van der Waals surface area contributed by atoms with Gasteiger partial charge in [0.05, 0.1) is 11.2 Å². The Morgan fingerprint density at radius 2 is 1.34 bits per heavy atom. The first-order chi connectivity index (χ1) is 17.2. The summed E-state index contributed by atoms with van der Waals surface area (Å²) >= 11 is 0. The highest BCUT2D eigenvalue weighted by atomic mass is 15.4. The van der Waals surface area contributed by atoms with E-state index in [2.05, 4.69) is 82.8 Å². The van der Waals surface area contributed by atoms with Crippen molar-refractivity contribution in [3.05, 3.63) is 144 Å². The first-order valence-corrected chi connectivity index (χ1v) is 11.5. The highest BCUT2D eigenvalue weighted by Gasteiger charge is 2.40. The van der Waals surface area contributed by atoms with Gasteiger partial charge in [-0.05, 0) is 41.1 Å². The molecule has 0 radical (unpaired) electrons. The van der Waals surface area contributed by atoms with Crippen LogP contribution in [0, 0.1) is 5.41 Å². The molecule has 5 aromatic rings. The average molecular weight is 458 g/mol. The van der Waals surface area contributed by atoms with Crippen molar-refractivity contribution in [1.82, 2.24) is 9.78 Å². The maximum Gasteiger partial charge on any atom is 0.155 e. The lowest BCUT2D eigenvalue weighted by Crippen LogP contribution is -2.38. The number of allylic oxidation sites excluding steroid dienone is 1. The van der Waals surface area contributed by atoms with Crippen molar-refractivity contribution in [1.29, 1.82) is 5.41 Å². The topological polar surface area (TPSA) is 79.7 Å². The van der Waals surface area contributed by atoms with Crippen LogP contribution < -0.4 is 11.1 Å². The summed E-state index contributed by atoms with van der Waals surface area (Å²) in [6.45, 7) is 0. The number of benzene rings is 4. The van der Waals surface area contributed by atoms with Gasteiger partial charge in [-0.15, -0.1) is 0 Å². The Morgan fingerprint density at radius 3 is 1.80 bits per heavy atom. The lowest BCUT2D eigenvalue weighted by atomic mass is 9.77. The molecule has 0 amide bonds. The van der Waals surface area contributed by atoms with Crippen molar-refractivity contribution >= 4 is 22.4 Å². The van der Waals surface area contributed by atoms with Crippen molar-refractivity contribution in [2.45, 2.75) is 5.54 Å². The number of aromatic nitrogens is 2. The Labute approximate surface area is 205 Å². The molecule has 0 atom stereocenters. The van der Waals surface area contributed by atoms with Gasteiger partial charge in [0.15, 0.2) is 5.82 Å². The molecule has 5 heteroatoms. The second kappa shape index (κ2) is 9.31. The molecule has 0 aliphatic rings. The summed E-state index contributed by atoms with van der Waals surface area (Å²) in [5.41, 5.74) is 10.2. The summed E-state index contributed by atoms with van der Waals surface area (Å²) in [5, 5.41) is 17.7. The molecule has 0 aliphatic heterocycles. The summed E-state index contributed by atoms with van der Waals surface area (Å²) in [6.07, 6.45) is 2.98. The molecule has 172 valence electrons. The zero-order valence-electron chi connectivity index (χ0n) is 19.5. The van der Waals surface area contributed by atoms with E-state index in [1.165, 1.54) is 6.20 Å². The van der Waals surface area contributed by atoms with E-state index in [4.69, 9.17) is 16.2 Å². The molecule has 35 heavy (non-hydrogen) atoms. The number of rotatable bonds is 7. The van der Waals surface area contributed by atoms with Gasteiger partial charge < -0.3 is 16.5 Å². The van der Waals surface area contributed by atoms with Crippen molar-refractivity contribution < 1.29 is 0 Å². The van der Waals surface area contributed by atoms with E-state index in [0.717, 1.165) is 39.0 Å². The van der Waals surface area contributed by atoms with Gasteiger partial charge in [0, 0.05) is 18.0 Å². The highest BCUT2D eigenvalue weighted by Crippen LogP contribution is 2.43. The fourth-order valence-corrected chi connectivity index (χ4v) is 4.82. The number of anilines is 1. The van der Waals surface area contributed by atoms with Crippen molar-refractivity contribution in [3.63, 3.8) is 0 Å². The summed E-state index contributed by atoms with van der Waals surface area (Å²) < 4.78 is 2.11. The SMILES string of the molecule is CNc1nn(C(c2ccccc2)(c2ccccc2)c2ccccc2)c2ccc(C(=N)/C=C\N)cc12. The van der Waals surface area contributed by atoms with Crippen LogP contribution in [0.25, 0.3) is 10.9 Å². The predicted molar refractivity (Wildman–Crippen MR) is 144 cm³/mol. The van der Waals surface area contributed by atoms with E-state index in [1.54, 1.807) is 6.08 Å². The molecule has 4 N–H and O–H groups in total. The molecule has 0 saturated heterocycles. The third-order valence-corrected chi connectivity index (χ3v) is 6.38. The minimum Gasteiger partial charge on any atom is -0.405 e. The summed E-state index contributed by atoms with van der Waals surface area (Å²) in [6, 6.07) is 37.4. The number of nitrogens with zero attached hydrogens (tertiary/aromatic N) is 2. The van der Waals surface area contributed by atoms with Crippen LogP contribution in [-0.4, -0.2) is 22.5 Å². The van der Waals surface area contributed by atoms with Crippen LogP contribution in [0.1, 0.15) is 22.3 Å². The summed E-state index contributed by atoms with van der Waals surface area (Å²) in [5.74, 6) is 0.749. The van der Waals surface area contributed by atoms with Gasteiger partial charge in [0.1, 0.15) is 5.54 Å². The van der Waals surface area contributed by atoms with Gasteiger partial charge in [-0.1, -0.05) is 97.1 Å². The Kier molecular flexibility index (Phi) is 5.90. The first-order valence-electron chi connectivity index (χ1n) is 11.5. The lowest BCUT2D eigenvalue weighted by Gasteiger charge is -2.37. The largest absolute Gasteiger partial charge is 0.405 e. The van der Waals surface area contributed by atoms with Crippen molar-refractivity contribution in [2.75, 3.05) is 12.4 Å². The molecule has 5 rings (SSSR count). The molecule has 0 unspecified atom stereocenters. The first kappa shape index (κ1) is 22.2. The van der Waals surface area contributed by atoms with Crippen LogP contribution in [0.3, 0.4) is 0 Å². The molecule has 0 aliphatic carbocycles. The molecule has 0 spiro atoms. The van der Waals surface area contributed by atoms with Gasteiger partial charge in [0.2, 0.25) is 0 Å². The number of hydrogen-bond acceptors (Lipinski definition) is 4. The molecule has 0 bridgehead atoms. The van der Waals surface area contributed by atoms with E-state index >= 15 is 0 Å². The van der Waals surface area contributed by atoms with Crippen LogP contribution in [0.2, 0.25) is 0 Å². The third kappa shape index (κ3) is 3.67. The van der Waals surface area contributed by atoms with Gasteiger partial charge in [-0.2, -0.15) is 5.10 Å². The lowest BCUT2D eigenvalue weighted by molar-refractivity contribution is 0.477. The number of nitrogens with two attached hydrogens (primary N) is 1. The molecule has 0 saturated carbocycles. The smallest absolute Gasteiger partial charge is 0.155 e.